The summed E-state index contributed by atoms with van der Waals surface area (Å²) in [5.41, 5.74) is -0.407. The number of piperidine rings is 1. The van der Waals surface area contributed by atoms with Crippen LogP contribution in [0.5, 0.6) is 0 Å². The summed E-state index contributed by atoms with van der Waals surface area (Å²) in [6.45, 7) is 3.42. The number of likely N-dealkylation sites (tertiary alicyclic amines) is 1. The number of amides is 1. The molecule has 1 amide bonds. The van der Waals surface area contributed by atoms with E-state index in [1.807, 2.05) is 6.92 Å². The van der Waals surface area contributed by atoms with Crippen molar-refractivity contribution in [3.05, 3.63) is 30.3 Å². The second-order valence-corrected chi connectivity index (χ2v) is 8.53. The molecule has 0 bridgehead atoms. The van der Waals surface area contributed by atoms with Crippen LogP contribution in [-0.4, -0.2) is 66.7 Å². The first-order chi connectivity index (χ1) is 11.9. The van der Waals surface area contributed by atoms with Gasteiger partial charge in [-0.1, -0.05) is 25.1 Å². The minimum atomic E-state index is -3.57. The number of benzene rings is 1. The largest absolute Gasteiger partial charge is 0.465 e. The van der Waals surface area contributed by atoms with Gasteiger partial charge in [-0.3, -0.25) is 0 Å². The molecule has 0 radical (unpaired) electrons. The minimum absolute atomic E-state index is 0.216. The molecule has 0 aliphatic carbocycles. The van der Waals surface area contributed by atoms with Gasteiger partial charge in [-0.15, -0.1) is 0 Å². The summed E-state index contributed by atoms with van der Waals surface area (Å²) in [6.07, 6.45) is 0.920. The van der Waals surface area contributed by atoms with Gasteiger partial charge in [0.2, 0.25) is 10.0 Å². The highest BCUT2D eigenvalue weighted by molar-refractivity contribution is 7.89. The fourth-order valence-electron chi connectivity index (χ4n) is 3.81. The SMILES string of the molecule is CCN([C@H]1COC2(CCN(C(=O)O)CC2)C1)S(=O)(=O)c1ccccc1. The average Bonchev–Trinajstić information content (AvgIpc) is 2.99. The highest BCUT2D eigenvalue weighted by Gasteiger charge is 2.47. The van der Waals surface area contributed by atoms with E-state index >= 15 is 0 Å². The maximum absolute atomic E-state index is 12.9. The van der Waals surface area contributed by atoms with E-state index in [-0.39, 0.29) is 6.04 Å². The highest BCUT2D eigenvalue weighted by Crippen LogP contribution is 2.38. The molecule has 1 atom stereocenters. The lowest BCUT2D eigenvalue weighted by molar-refractivity contribution is -0.0397. The minimum Gasteiger partial charge on any atom is -0.465 e. The van der Waals surface area contributed by atoms with Crippen LogP contribution in [-0.2, 0) is 14.8 Å². The summed E-state index contributed by atoms with van der Waals surface area (Å²) in [4.78, 5) is 12.7. The molecule has 138 valence electrons. The fourth-order valence-corrected chi connectivity index (χ4v) is 5.45. The lowest BCUT2D eigenvalue weighted by Gasteiger charge is -2.37. The molecular weight excluding hydrogens is 344 g/mol. The number of nitrogens with zero attached hydrogens (tertiary/aromatic N) is 2. The van der Waals surface area contributed by atoms with Crippen molar-refractivity contribution in [1.29, 1.82) is 0 Å². The summed E-state index contributed by atoms with van der Waals surface area (Å²) in [5.74, 6) is 0. The molecule has 1 spiro atoms. The second kappa shape index (κ2) is 6.93. The van der Waals surface area contributed by atoms with Crippen LogP contribution in [0.3, 0.4) is 0 Å². The number of likely N-dealkylation sites (N-methyl/N-ethyl adjacent to an activating group) is 1. The maximum Gasteiger partial charge on any atom is 0.407 e. The van der Waals surface area contributed by atoms with E-state index in [1.165, 1.54) is 9.21 Å². The van der Waals surface area contributed by atoms with Crippen LogP contribution in [0.2, 0.25) is 0 Å². The first-order valence-corrected chi connectivity index (χ1v) is 10.0. The van der Waals surface area contributed by atoms with Gasteiger partial charge in [0.25, 0.3) is 0 Å². The monoisotopic (exact) mass is 368 g/mol. The van der Waals surface area contributed by atoms with Gasteiger partial charge in [0, 0.05) is 19.6 Å². The van der Waals surface area contributed by atoms with Gasteiger partial charge in [0.1, 0.15) is 0 Å². The molecule has 0 saturated carbocycles. The first-order valence-electron chi connectivity index (χ1n) is 8.57. The van der Waals surface area contributed by atoms with Gasteiger partial charge in [-0.2, -0.15) is 4.31 Å². The molecule has 2 fully saturated rings. The molecule has 0 aromatic heterocycles. The zero-order valence-corrected chi connectivity index (χ0v) is 15.1. The number of carboxylic acid groups (broad SMARTS) is 1. The van der Waals surface area contributed by atoms with Crippen LogP contribution in [0.25, 0.3) is 0 Å². The molecule has 0 unspecified atom stereocenters. The fraction of sp³-hybridized carbons (Fsp3) is 0.588. The van der Waals surface area contributed by atoms with Crippen molar-refractivity contribution in [2.75, 3.05) is 26.2 Å². The predicted molar refractivity (Wildman–Crippen MR) is 91.9 cm³/mol. The van der Waals surface area contributed by atoms with E-state index in [2.05, 4.69) is 0 Å². The van der Waals surface area contributed by atoms with Crippen LogP contribution in [0.15, 0.2) is 35.2 Å². The van der Waals surface area contributed by atoms with E-state index < -0.39 is 21.7 Å². The summed E-state index contributed by atoms with van der Waals surface area (Å²) < 4.78 is 33.4. The van der Waals surface area contributed by atoms with Crippen molar-refractivity contribution < 1.29 is 23.1 Å². The molecule has 1 N–H and O–H groups in total. The van der Waals surface area contributed by atoms with Crippen molar-refractivity contribution in [1.82, 2.24) is 9.21 Å². The highest BCUT2D eigenvalue weighted by atomic mass is 32.2. The number of ether oxygens (including phenoxy) is 1. The Hall–Kier alpha value is -1.64. The van der Waals surface area contributed by atoms with Crippen LogP contribution in [0.1, 0.15) is 26.2 Å². The molecule has 1 aromatic carbocycles. The Labute approximate surface area is 148 Å². The third-order valence-electron chi connectivity index (χ3n) is 5.20. The van der Waals surface area contributed by atoms with Crippen molar-refractivity contribution in [3.63, 3.8) is 0 Å². The third kappa shape index (κ3) is 3.51. The molecule has 2 aliphatic rings. The lowest BCUT2D eigenvalue weighted by Crippen LogP contribution is -2.47. The quantitative estimate of drug-likeness (QED) is 0.878. The average molecular weight is 368 g/mol. The zero-order chi connectivity index (χ0) is 18.1. The molecule has 7 nitrogen and oxygen atoms in total. The number of hydrogen-bond acceptors (Lipinski definition) is 4. The van der Waals surface area contributed by atoms with E-state index in [4.69, 9.17) is 9.84 Å². The molecule has 2 saturated heterocycles. The maximum atomic E-state index is 12.9. The van der Waals surface area contributed by atoms with E-state index in [0.717, 1.165) is 0 Å². The molecule has 25 heavy (non-hydrogen) atoms. The van der Waals surface area contributed by atoms with Crippen molar-refractivity contribution in [3.8, 4) is 0 Å². The Morgan fingerprint density at radius 2 is 1.96 bits per heavy atom. The summed E-state index contributed by atoms with van der Waals surface area (Å²) in [5, 5.41) is 9.08. The van der Waals surface area contributed by atoms with Gasteiger partial charge in [-0.25, -0.2) is 13.2 Å². The van der Waals surface area contributed by atoms with E-state index in [1.54, 1.807) is 30.3 Å². The Balaban J connectivity index is 1.73. The Morgan fingerprint density at radius 3 is 2.52 bits per heavy atom. The predicted octanol–water partition coefficient (Wildman–Crippen LogP) is 2.00. The Morgan fingerprint density at radius 1 is 1.32 bits per heavy atom. The molecule has 3 rings (SSSR count). The van der Waals surface area contributed by atoms with Crippen molar-refractivity contribution in [2.45, 2.75) is 42.7 Å². The van der Waals surface area contributed by atoms with Gasteiger partial charge >= 0.3 is 6.09 Å². The Bertz CT molecular complexity index is 714. The number of sulfonamides is 1. The van der Waals surface area contributed by atoms with Gasteiger partial charge in [0.15, 0.2) is 0 Å². The van der Waals surface area contributed by atoms with Gasteiger partial charge in [0.05, 0.1) is 23.1 Å². The summed E-state index contributed by atoms with van der Waals surface area (Å²) >= 11 is 0. The topological polar surface area (TPSA) is 87.2 Å². The molecule has 8 heteroatoms. The van der Waals surface area contributed by atoms with Gasteiger partial charge < -0.3 is 14.7 Å². The summed E-state index contributed by atoms with van der Waals surface area (Å²) in [6, 6.07) is 8.22. The molecular formula is C17H24N2O5S. The van der Waals surface area contributed by atoms with Crippen LogP contribution in [0.4, 0.5) is 4.79 Å². The van der Waals surface area contributed by atoms with E-state index in [0.29, 0.717) is 50.4 Å². The van der Waals surface area contributed by atoms with Crippen LogP contribution >= 0.6 is 0 Å². The number of hydrogen-bond donors (Lipinski definition) is 1. The first kappa shape index (κ1) is 18.2. The normalized spacial score (nSPS) is 23.3. The van der Waals surface area contributed by atoms with Crippen molar-refractivity contribution in [2.24, 2.45) is 0 Å². The standard InChI is InChI=1S/C17H24N2O5S/c1-2-19(25(22,23)15-6-4-3-5-7-15)14-12-17(24-13-14)8-10-18(11-9-17)16(20)21/h3-7,14H,2,8-13H2,1H3,(H,20,21)/t14-/m1/s1. The van der Waals surface area contributed by atoms with E-state index in [9.17, 15) is 13.2 Å². The molecule has 2 heterocycles. The molecule has 2 aliphatic heterocycles. The van der Waals surface area contributed by atoms with Gasteiger partial charge in [-0.05, 0) is 31.4 Å². The van der Waals surface area contributed by atoms with Crippen molar-refractivity contribution >= 4 is 16.1 Å². The second-order valence-electron chi connectivity index (χ2n) is 6.64. The van der Waals surface area contributed by atoms with Crippen LogP contribution < -0.4 is 0 Å². The zero-order valence-electron chi connectivity index (χ0n) is 14.3. The number of carbonyl (C=O) groups is 1. The van der Waals surface area contributed by atoms with Crippen LogP contribution in [0, 0.1) is 0 Å². The lowest BCUT2D eigenvalue weighted by atomic mass is 9.87. The summed E-state index contributed by atoms with van der Waals surface area (Å²) in [7, 11) is -3.57. The smallest absolute Gasteiger partial charge is 0.407 e. The third-order valence-corrected chi connectivity index (χ3v) is 7.25. The Kier molecular flexibility index (Phi) is 5.04. The number of rotatable bonds is 4. The molecule has 1 aromatic rings.